The fourth-order valence-corrected chi connectivity index (χ4v) is 3.91. The van der Waals surface area contributed by atoms with Gasteiger partial charge in [0.2, 0.25) is 5.75 Å². The van der Waals surface area contributed by atoms with Gasteiger partial charge in [0.05, 0.1) is 40.2 Å². The molecule has 0 spiro atoms. The highest BCUT2D eigenvalue weighted by atomic mass is 16.5. The van der Waals surface area contributed by atoms with Crippen molar-refractivity contribution in [1.29, 1.82) is 0 Å². The van der Waals surface area contributed by atoms with Gasteiger partial charge >= 0.3 is 5.97 Å². The quantitative estimate of drug-likeness (QED) is 0.110. The normalized spacial score (nSPS) is 10.5. The molecule has 0 aliphatic rings. The fraction of sp³-hybridized carbons (Fsp3) is 0.125. The molecule has 11 nitrogen and oxygen atoms in total. The van der Waals surface area contributed by atoms with Crippen molar-refractivity contribution in [1.82, 2.24) is 5.43 Å². The van der Waals surface area contributed by atoms with Gasteiger partial charge in [-0.3, -0.25) is 9.59 Å². The van der Waals surface area contributed by atoms with Crippen LogP contribution in [0, 0.1) is 0 Å². The van der Waals surface area contributed by atoms with Crippen molar-refractivity contribution in [3.8, 4) is 28.7 Å². The van der Waals surface area contributed by atoms with Crippen molar-refractivity contribution in [2.75, 3.05) is 33.8 Å². The molecular formula is C32H29N3O8. The average molecular weight is 584 g/mol. The van der Waals surface area contributed by atoms with E-state index in [0.717, 1.165) is 0 Å². The van der Waals surface area contributed by atoms with E-state index in [-0.39, 0.29) is 17.2 Å². The number of benzene rings is 4. The maximum Gasteiger partial charge on any atom is 0.343 e. The van der Waals surface area contributed by atoms with Gasteiger partial charge in [-0.05, 0) is 72.8 Å². The first-order valence-electron chi connectivity index (χ1n) is 12.9. The van der Waals surface area contributed by atoms with Crippen molar-refractivity contribution in [3.63, 3.8) is 0 Å². The van der Waals surface area contributed by atoms with Gasteiger partial charge in [0.25, 0.3) is 11.8 Å². The molecule has 4 aromatic rings. The summed E-state index contributed by atoms with van der Waals surface area (Å²) < 4.78 is 26.6. The fourth-order valence-electron chi connectivity index (χ4n) is 3.91. The highest BCUT2D eigenvalue weighted by molar-refractivity contribution is 6.04. The Kier molecular flexibility index (Phi) is 9.93. The highest BCUT2D eigenvalue weighted by Crippen LogP contribution is 2.38. The van der Waals surface area contributed by atoms with Crippen LogP contribution in [0.2, 0.25) is 0 Å². The third kappa shape index (κ3) is 7.47. The van der Waals surface area contributed by atoms with Crippen molar-refractivity contribution in [2.24, 2.45) is 5.10 Å². The number of esters is 1. The first-order chi connectivity index (χ1) is 20.9. The summed E-state index contributed by atoms with van der Waals surface area (Å²) in [6, 6.07) is 22.7. The van der Waals surface area contributed by atoms with Crippen LogP contribution in [0.15, 0.2) is 90.0 Å². The maximum atomic E-state index is 13.0. The SMILES string of the molecule is COc1ccc(C(=O)Nc2ccc(C(=O)N/N=C\c3ccccc3OC(=O)c3cc(OC)c(OC)c(OC)c3)cc2)cc1. The number of anilines is 1. The monoisotopic (exact) mass is 583 g/mol. The molecule has 0 aliphatic heterocycles. The Hall–Kier alpha value is -5.84. The number of hydrogen-bond donors (Lipinski definition) is 2. The summed E-state index contributed by atoms with van der Waals surface area (Å²) in [7, 11) is 5.91. The van der Waals surface area contributed by atoms with Gasteiger partial charge < -0.3 is 29.0 Å². The highest BCUT2D eigenvalue weighted by Gasteiger charge is 2.19. The van der Waals surface area contributed by atoms with Crippen LogP contribution in [0.25, 0.3) is 0 Å². The van der Waals surface area contributed by atoms with Gasteiger partial charge in [-0.25, -0.2) is 10.2 Å². The zero-order chi connectivity index (χ0) is 30.8. The van der Waals surface area contributed by atoms with E-state index in [1.165, 1.54) is 39.7 Å². The van der Waals surface area contributed by atoms with Gasteiger partial charge in [0, 0.05) is 22.4 Å². The number of nitrogens with zero attached hydrogens (tertiary/aromatic N) is 1. The molecule has 4 aromatic carbocycles. The predicted octanol–water partition coefficient (Wildman–Crippen LogP) is 4.96. The lowest BCUT2D eigenvalue weighted by Gasteiger charge is -2.14. The molecule has 0 saturated heterocycles. The molecule has 2 N–H and O–H groups in total. The summed E-state index contributed by atoms with van der Waals surface area (Å²) in [4.78, 5) is 38.0. The van der Waals surface area contributed by atoms with Gasteiger partial charge in [-0.15, -0.1) is 0 Å². The van der Waals surface area contributed by atoms with E-state index >= 15 is 0 Å². The number of amides is 2. The molecular weight excluding hydrogens is 554 g/mol. The topological polar surface area (TPSA) is 134 Å². The van der Waals surface area contributed by atoms with E-state index in [0.29, 0.717) is 45.4 Å². The maximum absolute atomic E-state index is 13.0. The second-order valence-corrected chi connectivity index (χ2v) is 8.80. The first-order valence-corrected chi connectivity index (χ1v) is 12.9. The van der Waals surface area contributed by atoms with Gasteiger partial charge in [-0.1, -0.05) is 12.1 Å². The molecule has 0 unspecified atom stereocenters. The van der Waals surface area contributed by atoms with Crippen LogP contribution in [-0.4, -0.2) is 52.4 Å². The molecule has 0 aromatic heterocycles. The summed E-state index contributed by atoms with van der Waals surface area (Å²) in [5.41, 5.74) is 4.37. The van der Waals surface area contributed by atoms with Gasteiger partial charge in [0.1, 0.15) is 11.5 Å². The number of ether oxygens (including phenoxy) is 5. The molecule has 0 aliphatic carbocycles. The van der Waals surface area contributed by atoms with Crippen LogP contribution in [0.3, 0.4) is 0 Å². The zero-order valence-electron chi connectivity index (χ0n) is 23.9. The van der Waals surface area contributed by atoms with Crippen LogP contribution >= 0.6 is 0 Å². The number of carbonyl (C=O) groups excluding carboxylic acids is 3. The minimum atomic E-state index is -0.664. The van der Waals surface area contributed by atoms with E-state index in [4.69, 9.17) is 23.7 Å². The number of rotatable bonds is 11. The molecule has 0 radical (unpaired) electrons. The van der Waals surface area contributed by atoms with Crippen molar-refractivity contribution in [3.05, 3.63) is 107 Å². The van der Waals surface area contributed by atoms with E-state index in [1.807, 2.05) is 0 Å². The number of para-hydroxylation sites is 1. The largest absolute Gasteiger partial charge is 0.497 e. The Balaban J connectivity index is 1.38. The van der Waals surface area contributed by atoms with Crippen LogP contribution in [-0.2, 0) is 0 Å². The van der Waals surface area contributed by atoms with E-state index in [1.54, 1.807) is 79.9 Å². The Morgan fingerprint density at radius 1 is 0.651 bits per heavy atom. The molecule has 220 valence electrons. The summed E-state index contributed by atoms with van der Waals surface area (Å²) in [5.74, 6) is 0.385. The van der Waals surface area contributed by atoms with Gasteiger partial charge in [0.15, 0.2) is 11.5 Å². The lowest BCUT2D eigenvalue weighted by Crippen LogP contribution is -2.18. The van der Waals surface area contributed by atoms with Crippen LogP contribution in [0.4, 0.5) is 5.69 Å². The number of hydrazone groups is 1. The molecule has 0 fully saturated rings. The van der Waals surface area contributed by atoms with Crippen molar-refractivity contribution < 1.29 is 38.1 Å². The van der Waals surface area contributed by atoms with Crippen molar-refractivity contribution >= 4 is 29.7 Å². The summed E-state index contributed by atoms with van der Waals surface area (Å²) >= 11 is 0. The van der Waals surface area contributed by atoms with Crippen LogP contribution < -0.4 is 34.4 Å². The zero-order valence-corrected chi connectivity index (χ0v) is 23.9. The number of hydrogen-bond acceptors (Lipinski definition) is 9. The van der Waals surface area contributed by atoms with Crippen LogP contribution in [0.5, 0.6) is 28.7 Å². The average Bonchev–Trinajstić information content (AvgIpc) is 3.04. The lowest BCUT2D eigenvalue weighted by atomic mass is 10.1. The number of methoxy groups -OCH3 is 4. The molecule has 43 heavy (non-hydrogen) atoms. The molecule has 0 heterocycles. The minimum Gasteiger partial charge on any atom is -0.497 e. The lowest BCUT2D eigenvalue weighted by molar-refractivity contribution is 0.0733. The third-order valence-electron chi connectivity index (χ3n) is 6.15. The number of carbonyl (C=O) groups is 3. The minimum absolute atomic E-state index is 0.179. The summed E-state index contributed by atoms with van der Waals surface area (Å²) in [6.07, 6.45) is 1.36. The molecule has 0 bridgehead atoms. The Morgan fingerprint density at radius 2 is 1.26 bits per heavy atom. The summed E-state index contributed by atoms with van der Waals surface area (Å²) in [6.45, 7) is 0. The van der Waals surface area contributed by atoms with E-state index < -0.39 is 11.9 Å². The van der Waals surface area contributed by atoms with Gasteiger partial charge in [-0.2, -0.15) is 5.10 Å². The second-order valence-electron chi connectivity index (χ2n) is 8.80. The molecule has 0 atom stereocenters. The molecule has 2 amide bonds. The second kappa shape index (κ2) is 14.2. The molecule has 4 rings (SSSR count). The van der Waals surface area contributed by atoms with Crippen LogP contribution in [0.1, 0.15) is 36.6 Å². The third-order valence-corrected chi connectivity index (χ3v) is 6.15. The van der Waals surface area contributed by atoms with E-state index in [9.17, 15) is 14.4 Å². The predicted molar refractivity (Wildman–Crippen MR) is 160 cm³/mol. The molecule has 0 saturated carbocycles. The van der Waals surface area contributed by atoms with Crippen molar-refractivity contribution in [2.45, 2.75) is 0 Å². The molecule has 11 heteroatoms. The Morgan fingerprint density at radius 3 is 1.86 bits per heavy atom. The van der Waals surface area contributed by atoms with E-state index in [2.05, 4.69) is 15.8 Å². The summed E-state index contributed by atoms with van der Waals surface area (Å²) in [5, 5.41) is 6.78. The smallest absolute Gasteiger partial charge is 0.343 e. The first kappa shape index (κ1) is 30.1. The number of nitrogens with one attached hydrogen (secondary N) is 2. The Labute approximate surface area is 248 Å². The Bertz CT molecular complexity index is 1610. The standard InChI is InChI=1S/C32H29N3O8/c1-39-25-15-11-20(12-16-25)30(36)34-24-13-9-21(10-14-24)31(37)35-33-19-22-7-5-6-8-26(22)43-32(38)23-17-27(40-2)29(42-4)28(18-23)41-3/h5-19H,1-4H3,(H,34,36)(H,35,37)/b33-19-.